The molecular formula is C18H17N3OS2. The van der Waals surface area contributed by atoms with Crippen molar-refractivity contribution < 1.29 is 4.79 Å². The lowest BCUT2D eigenvalue weighted by Gasteiger charge is -2.05. The highest BCUT2D eigenvalue weighted by molar-refractivity contribution is 8.01. The fraction of sp³-hybridized carbons (Fsp3) is 0.167. The lowest BCUT2D eigenvalue weighted by molar-refractivity contribution is -0.118. The van der Waals surface area contributed by atoms with Gasteiger partial charge >= 0.3 is 0 Å². The van der Waals surface area contributed by atoms with Gasteiger partial charge in [-0.1, -0.05) is 61.2 Å². The van der Waals surface area contributed by atoms with Crippen LogP contribution in [0.25, 0.3) is 10.2 Å². The number of para-hydroxylation sites is 1. The highest BCUT2D eigenvalue weighted by atomic mass is 32.2. The van der Waals surface area contributed by atoms with Gasteiger partial charge in [0.25, 0.3) is 0 Å². The van der Waals surface area contributed by atoms with E-state index in [1.54, 1.807) is 17.6 Å². The Kier molecular flexibility index (Phi) is 5.61. The topological polar surface area (TPSA) is 54.4 Å². The van der Waals surface area contributed by atoms with Gasteiger partial charge in [0.2, 0.25) is 5.91 Å². The van der Waals surface area contributed by atoms with Crippen LogP contribution >= 0.6 is 23.1 Å². The van der Waals surface area contributed by atoms with E-state index in [9.17, 15) is 4.79 Å². The number of nitrogens with one attached hydrogen (secondary N) is 1. The van der Waals surface area contributed by atoms with Crippen molar-refractivity contribution in [3.63, 3.8) is 0 Å². The van der Waals surface area contributed by atoms with E-state index in [1.807, 2.05) is 61.5 Å². The summed E-state index contributed by atoms with van der Waals surface area (Å²) in [6.07, 6.45) is 1.75. The number of fused-ring (bicyclic) bond motifs is 1. The third-order valence-corrected chi connectivity index (χ3v) is 5.59. The molecule has 1 unspecified atom stereocenters. The van der Waals surface area contributed by atoms with Gasteiger partial charge < -0.3 is 0 Å². The van der Waals surface area contributed by atoms with Gasteiger partial charge in [-0.15, -0.1) is 11.3 Å². The smallest absolute Gasteiger partial charge is 0.250 e. The van der Waals surface area contributed by atoms with Gasteiger partial charge in [-0.2, -0.15) is 5.10 Å². The molecule has 1 aromatic heterocycles. The van der Waals surface area contributed by atoms with E-state index in [4.69, 9.17) is 0 Å². The van der Waals surface area contributed by atoms with Crippen molar-refractivity contribution in [1.29, 1.82) is 0 Å². The fourth-order valence-electron chi connectivity index (χ4n) is 2.14. The third kappa shape index (κ3) is 4.43. The summed E-state index contributed by atoms with van der Waals surface area (Å²) in [5.41, 5.74) is 4.71. The first kappa shape index (κ1) is 16.7. The summed E-state index contributed by atoms with van der Waals surface area (Å²) < 4.78 is 2.03. The van der Waals surface area contributed by atoms with E-state index < -0.39 is 0 Å². The maximum absolute atomic E-state index is 11.9. The molecule has 0 aliphatic carbocycles. The summed E-state index contributed by atoms with van der Waals surface area (Å²) in [7, 11) is 0. The number of thiazole rings is 1. The molecule has 3 aromatic rings. The van der Waals surface area contributed by atoms with E-state index >= 15 is 0 Å². The summed E-state index contributed by atoms with van der Waals surface area (Å²) in [5, 5.41) is 4.05. The van der Waals surface area contributed by atoms with Crippen LogP contribution in [0.2, 0.25) is 0 Å². The molecule has 0 saturated heterocycles. The van der Waals surface area contributed by atoms with Crippen LogP contribution in [0, 0.1) is 0 Å². The van der Waals surface area contributed by atoms with Gasteiger partial charge in [0.15, 0.2) is 4.34 Å². The molecule has 0 aliphatic heterocycles. The zero-order chi connectivity index (χ0) is 16.8. The van der Waals surface area contributed by atoms with Gasteiger partial charge in [-0.25, -0.2) is 10.4 Å². The zero-order valence-electron chi connectivity index (χ0n) is 13.2. The first-order valence-electron chi connectivity index (χ1n) is 7.58. The fourth-order valence-corrected chi connectivity index (χ4v) is 4.00. The maximum Gasteiger partial charge on any atom is 0.250 e. The molecule has 2 aromatic carbocycles. The van der Waals surface area contributed by atoms with Crippen LogP contribution < -0.4 is 5.43 Å². The van der Waals surface area contributed by atoms with Crippen molar-refractivity contribution >= 4 is 45.4 Å². The number of hydrazone groups is 1. The molecule has 3 rings (SSSR count). The highest BCUT2D eigenvalue weighted by Crippen LogP contribution is 2.28. The molecule has 1 amide bonds. The lowest BCUT2D eigenvalue weighted by Crippen LogP contribution is -2.20. The van der Waals surface area contributed by atoms with Crippen LogP contribution in [0.1, 0.15) is 18.4 Å². The Morgan fingerprint density at radius 1 is 1.25 bits per heavy atom. The van der Waals surface area contributed by atoms with Gasteiger partial charge in [-0.3, -0.25) is 4.79 Å². The maximum atomic E-state index is 11.9. The second kappa shape index (κ2) is 8.08. The molecule has 0 spiro atoms. The SMILES string of the molecule is CC(C=NNC(=O)CSc1nc2ccccc2s1)c1ccccc1. The van der Waals surface area contributed by atoms with Crippen LogP contribution in [0.3, 0.4) is 0 Å². The van der Waals surface area contributed by atoms with Crippen molar-refractivity contribution in [3.8, 4) is 0 Å². The number of nitrogens with zero attached hydrogens (tertiary/aromatic N) is 2. The Bertz CT molecular complexity index is 813. The number of benzene rings is 2. The number of carbonyl (C=O) groups excluding carboxylic acids is 1. The number of amides is 1. The summed E-state index contributed by atoms with van der Waals surface area (Å²) in [6, 6.07) is 18.0. The average molecular weight is 355 g/mol. The summed E-state index contributed by atoms with van der Waals surface area (Å²) >= 11 is 3.03. The molecule has 0 bridgehead atoms. The standard InChI is InChI=1S/C18H17N3OS2/c1-13(14-7-3-2-4-8-14)11-19-21-17(22)12-23-18-20-15-9-5-6-10-16(15)24-18/h2-11,13H,12H2,1H3,(H,21,22). The largest absolute Gasteiger partial charge is 0.272 e. The Morgan fingerprint density at radius 3 is 2.79 bits per heavy atom. The molecule has 6 heteroatoms. The molecule has 4 nitrogen and oxygen atoms in total. The second-order valence-electron chi connectivity index (χ2n) is 5.25. The monoisotopic (exact) mass is 355 g/mol. The Morgan fingerprint density at radius 2 is 2.00 bits per heavy atom. The van der Waals surface area contributed by atoms with Crippen molar-refractivity contribution in [3.05, 3.63) is 60.2 Å². The molecule has 0 fully saturated rings. The minimum absolute atomic E-state index is 0.129. The van der Waals surface area contributed by atoms with E-state index in [0.717, 1.165) is 14.6 Å². The van der Waals surface area contributed by atoms with E-state index in [2.05, 4.69) is 15.5 Å². The lowest BCUT2D eigenvalue weighted by atomic mass is 10.0. The van der Waals surface area contributed by atoms with Crippen molar-refractivity contribution in [2.75, 3.05) is 5.75 Å². The summed E-state index contributed by atoms with van der Waals surface area (Å²) in [5.74, 6) is 0.329. The molecule has 122 valence electrons. The number of carbonyl (C=O) groups is 1. The molecule has 0 radical (unpaired) electrons. The molecular weight excluding hydrogens is 338 g/mol. The third-order valence-electron chi connectivity index (χ3n) is 3.41. The number of hydrogen-bond acceptors (Lipinski definition) is 5. The second-order valence-corrected chi connectivity index (χ2v) is 7.50. The Balaban J connectivity index is 1.48. The van der Waals surface area contributed by atoms with E-state index in [-0.39, 0.29) is 11.8 Å². The van der Waals surface area contributed by atoms with Crippen LogP contribution in [0.4, 0.5) is 0 Å². The summed E-state index contributed by atoms with van der Waals surface area (Å²) in [6.45, 7) is 2.04. The number of hydrogen-bond donors (Lipinski definition) is 1. The quantitative estimate of drug-likeness (QED) is 0.408. The highest BCUT2D eigenvalue weighted by Gasteiger charge is 2.07. The van der Waals surface area contributed by atoms with Crippen molar-refractivity contribution in [2.45, 2.75) is 17.2 Å². The van der Waals surface area contributed by atoms with Gasteiger partial charge in [0.1, 0.15) is 0 Å². The minimum atomic E-state index is -0.129. The van der Waals surface area contributed by atoms with Gasteiger partial charge in [0.05, 0.1) is 16.0 Å². The van der Waals surface area contributed by atoms with Crippen LogP contribution in [-0.4, -0.2) is 22.9 Å². The number of aromatic nitrogens is 1. The molecule has 0 aliphatic rings. The Labute approximate surface area is 149 Å². The van der Waals surface area contributed by atoms with E-state index in [1.165, 1.54) is 17.3 Å². The molecule has 1 atom stereocenters. The normalized spacial score (nSPS) is 12.5. The number of thioether (sulfide) groups is 1. The predicted octanol–water partition coefficient (Wildman–Crippen LogP) is 4.29. The zero-order valence-corrected chi connectivity index (χ0v) is 14.8. The molecule has 1 heterocycles. The predicted molar refractivity (Wildman–Crippen MR) is 102 cm³/mol. The first-order chi connectivity index (χ1) is 11.7. The summed E-state index contributed by atoms with van der Waals surface area (Å²) in [4.78, 5) is 16.4. The van der Waals surface area contributed by atoms with Crippen LogP contribution in [0.15, 0.2) is 64.0 Å². The first-order valence-corrected chi connectivity index (χ1v) is 9.38. The molecule has 1 N–H and O–H groups in total. The van der Waals surface area contributed by atoms with E-state index in [0.29, 0.717) is 5.75 Å². The van der Waals surface area contributed by atoms with Crippen LogP contribution in [0.5, 0.6) is 0 Å². The van der Waals surface area contributed by atoms with Gasteiger partial charge in [0, 0.05) is 12.1 Å². The average Bonchev–Trinajstić information content (AvgIpc) is 3.03. The minimum Gasteiger partial charge on any atom is -0.272 e. The van der Waals surface area contributed by atoms with Crippen LogP contribution in [-0.2, 0) is 4.79 Å². The number of rotatable bonds is 6. The van der Waals surface area contributed by atoms with Crippen molar-refractivity contribution in [1.82, 2.24) is 10.4 Å². The molecule has 0 saturated carbocycles. The van der Waals surface area contributed by atoms with Crippen molar-refractivity contribution in [2.24, 2.45) is 5.10 Å². The molecule has 24 heavy (non-hydrogen) atoms. The van der Waals surface area contributed by atoms with Gasteiger partial charge in [-0.05, 0) is 17.7 Å². The Hall–Kier alpha value is -2.18.